The third kappa shape index (κ3) is 3.54. The summed E-state index contributed by atoms with van der Waals surface area (Å²) >= 11 is 0. The van der Waals surface area contributed by atoms with Crippen LogP contribution in [0.15, 0.2) is 53.1 Å². The van der Waals surface area contributed by atoms with E-state index in [2.05, 4.69) is 10.1 Å². The van der Waals surface area contributed by atoms with E-state index in [1.54, 1.807) is 17.1 Å². The third-order valence-electron chi connectivity index (χ3n) is 5.35. The first-order valence-electron chi connectivity index (χ1n) is 9.96. The summed E-state index contributed by atoms with van der Waals surface area (Å²) in [6, 6.07) is 13.3. The third-order valence-corrected chi connectivity index (χ3v) is 5.35. The molecule has 0 saturated carbocycles. The van der Waals surface area contributed by atoms with Crippen molar-refractivity contribution in [3.05, 3.63) is 65.6 Å². The van der Waals surface area contributed by atoms with E-state index < -0.39 is 0 Å². The molecule has 0 unspecified atom stereocenters. The van der Waals surface area contributed by atoms with E-state index in [9.17, 15) is 4.79 Å². The molecule has 1 fully saturated rings. The zero-order chi connectivity index (χ0) is 20.5. The van der Waals surface area contributed by atoms with Crippen LogP contribution in [0.1, 0.15) is 35.9 Å². The quantitative estimate of drug-likeness (QED) is 0.609. The fourth-order valence-corrected chi connectivity index (χ4v) is 3.84. The van der Waals surface area contributed by atoms with Crippen LogP contribution >= 0.6 is 0 Å². The van der Waals surface area contributed by atoms with Crippen molar-refractivity contribution in [1.82, 2.24) is 15.0 Å². The average molecular weight is 403 g/mol. The van der Waals surface area contributed by atoms with Crippen LogP contribution in [0.2, 0.25) is 0 Å². The Kier molecular flexibility index (Phi) is 4.71. The van der Waals surface area contributed by atoms with Crippen LogP contribution in [0.3, 0.4) is 0 Å². The normalized spacial score (nSPS) is 17.8. The van der Waals surface area contributed by atoms with Gasteiger partial charge in [0.1, 0.15) is 6.04 Å². The lowest BCUT2D eigenvalue weighted by Gasteiger charge is -2.20. The van der Waals surface area contributed by atoms with E-state index in [0.717, 1.165) is 35.3 Å². The van der Waals surface area contributed by atoms with E-state index in [1.165, 1.54) is 0 Å². The zero-order valence-electron chi connectivity index (χ0n) is 16.6. The molecule has 0 bridgehead atoms. The van der Waals surface area contributed by atoms with Gasteiger partial charge in [-0.1, -0.05) is 35.0 Å². The monoisotopic (exact) mass is 403 g/mol. The highest BCUT2D eigenvalue weighted by Gasteiger charge is 2.33. The Morgan fingerprint density at radius 2 is 2.07 bits per heavy atom. The van der Waals surface area contributed by atoms with E-state index in [-0.39, 0.29) is 18.7 Å². The molecule has 7 heteroatoms. The van der Waals surface area contributed by atoms with Gasteiger partial charge in [0.2, 0.25) is 24.4 Å². The van der Waals surface area contributed by atoms with Crippen LogP contribution in [0, 0.1) is 6.92 Å². The van der Waals surface area contributed by atoms with Gasteiger partial charge in [-0.25, -0.2) is 0 Å². The Hall–Kier alpha value is -3.61. The molecule has 0 N–H and O–H groups in total. The Morgan fingerprint density at radius 3 is 2.97 bits per heavy atom. The number of fused-ring (bicyclic) bond motifs is 1. The first kappa shape index (κ1) is 18.4. The summed E-state index contributed by atoms with van der Waals surface area (Å²) in [5.41, 5.74) is 2.91. The molecule has 3 heterocycles. The summed E-state index contributed by atoms with van der Waals surface area (Å²) in [5.74, 6) is 2.36. The van der Waals surface area contributed by atoms with Gasteiger partial charge in [-0.3, -0.25) is 4.79 Å². The molecule has 1 aromatic heterocycles. The molecule has 0 spiro atoms. The maximum atomic E-state index is 12.9. The predicted octanol–water partition coefficient (Wildman–Crippen LogP) is 4.15. The average Bonchev–Trinajstić information content (AvgIpc) is 3.51. The fourth-order valence-electron chi connectivity index (χ4n) is 3.84. The van der Waals surface area contributed by atoms with Gasteiger partial charge in [0.15, 0.2) is 11.5 Å². The maximum Gasteiger partial charge on any atom is 0.249 e. The summed E-state index contributed by atoms with van der Waals surface area (Å²) in [6.07, 6.45) is 5.06. The second-order valence-electron chi connectivity index (χ2n) is 7.46. The molecule has 1 saturated heterocycles. The van der Waals surface area contributed by atoms with Crippen LogP contribution in [0.4, 0.5) is 0 Å². The first-order valence-corrected chi connectivity index (χ1v) is 9.96. The van der Waals surface area contributed by atoms with Crippen molar-refractivity contribution in [1.29, 1.82) is 0 Å². The first-order chi connectivity index (χ1) is 14.7. The Labute approximate surface area is 173 Å². The minimum absolute atomic E-state index is 0.0783. The highest BCUT2D eigenvalue weighted by Crippen LogP contribution is 2.34. The number of nitrogens with zero attached hydrogens (tertiary/aromatic N) is 3. The molecular formula is C23H21N3O4. The smallest absolute Gasteiger partial charge is 0.249 e. The summed E-state index contributed by atoms with van der Waals surface area (Å²) in [6.45, 7) is 2.91. The van der Waals surface area contributed by atoms with Crippen molar-refractivity contribution in [3.8, 4) is 22.9 Å². The van der Waals surface area contributed by atoms with Crippen LogP contribution in [-0.4, -0.2) is 34.3 Å². The predicted molar refractivity (Wildman–Crippen MR) is 110 cm³/mol. The van der Waals surface area contributed by atoms with Crippen LogP contribution in [0.25, 0.3) is 17.5 Å². The van der Waals surface area contributed by atoms with Gasteiger partial charge >= 0.3 is 0 Å². The molecule has 0 aliphatic carbocycles. The number of aryl methyl sites for hydroxylation is 1. The number of benzene rings is 2. The minimum Gasteiger partial charge on any atom is -0.454 e. The Balaban J connectivity index is 1.32. The van der Waals surface area contributed by atoms with Gasteiger partial charge in [-0.15, -0.1) is 0 Å². The second kappa shape index (κ2) is 7.67. The lowest BCUT2D eigenvalue weighted by Crippen LogP contribution is -2.29. The molecule has 30 heavy (non-hydrogen) atoms. The number of carbonyl (C=O) groups excluding carboxylic acids is 1. The number of hydrogen-bond acceptors (Lipinski definition) is 6. The lowest BCUT2D eigenvalue weighted by molar-refractivity contribution is -0.127. The molecule has 0 radical (unpaired) electrons. The van der Waals surface area contributed by atoms with E-state index in [4.69, 9.17) is 14.0 Å². The largest absolute Gasteiger partial charge is 0.454 e. The van der Waals surface area contributed by atoms with Crippen LogP contribution in [0.5, 0.6) is 11.5 Å². The number of amides is 1. The van der Waals surface area contributed by atoms with Gasteiger partial charge in [0, 0.05) is 18.2 Å². The summed E-state index contributed by atoms with van der Waals surface area (Å²) < 4.78 is 16.2. The molecule has 152 valence electrons. The lowest BCUT2D eigenvalue weighted by atomic mass is 10.1. The molecule has 2 aliphatic heterocycles. The van der Waals surface area contributed by atoms with Crippen molar-refractivity contribution in [2.75, 3.05) is 13.3 Å². The minimum atomic E-state index is -0.204. The highest BCUT2D eigenvalue weighted by atomic mass is 16.7. The number of rotatable bonds is 4. The Bertz CT molecular complexity index is 1120. The SMILES string of the molecule is Cc1cccc(-c2noc([C@H]3CCCN3C(=O)/C=C/c3ccc4c(c3)OCO4)n2)c1. The number of aromatic nitrogens is 2. The number of ether oxygens (including phenoxy) is 2. The van der Waals surface area contributed by atoms with E-state index in [1.807, 2.05) is 49.4 Å². The van der Waals surface area contributed by atoms with Crippen molar-refractivity contribution in [3.63, 3.8) is 0 Å². The second-order valence-corrected chi connectivity index (χ2v) is 7.46. The van der Waals surface area contributed by atoms with Gasteiger partial charge in [0.05, 0.1) is 0 Å². The van der Waals surface area contributed by atoms with Crippen LogP contribution in [-0.2, 0) is 4.79 Å². The molecule has 7 nitrogen and oxygen atoms in total. The summed E-state index contributed by atoms with van der Waals surface area (Å²) in [7, 11) is 0. The zero-order valence-corrected chi connectivity index (χ0v) is 16.6. The molecule has 2 aromatic carbocycles. The van der Waals surface area contributed by atoms with E-state index >= 15 is 0 Å². The Morgan fingerprint density at radius 1 is 1.17 bits per heavy atom. The van der Waals surface area contributed by atoms with Gasteiger partial charge in [-0.05, 0) is 49.6 Å². The number of carbonyl (C=O) groups is 1. The fraction of sp³-hybridized carbons (Fsp3) is 0.261. The highest BCUT2D eigenvalue weighted by molar-refractivity contribution is 5.92. The number of likely N-dealkylation sites (tertiary alicyclic amines) is 1. The molecular weight excluding hydrogens is 382 g/mol. The van der Waals surface area contributed by atoms with Crippen molar-refractivity contribution >= 4 is 12.0 Å². The van der Waals surface area contributed by atoms with E-state index in [0.29, 0.717) is 24.0 Å². The molecule has 1 atom stereocenters. The van der Waals surface area contributed by atoms with Gasteiger partial charge < -0.3 is 18.9 Å². The molecule has 1 amide bonds. The molecule has 3 aromatic rings. The summed E-state index contributed by atoms with van der Waals surface area (Å²) in [5, 5.41) is 4.12. The molecule has 5 rings (SSSR count). The van der Waals surface area contributed by atoms with Gasteiger partial charge in [-0.2, -0.15) is 4.98 Å². The van der Waals surface area contributed by atoms with Crippen molar-refractivity contribution in [2.45, 2.75) is 25.8 Å². The maximum absolute atomic E-state index is 12.9. The topological polar surface area (TPSA) is 77.7 Å². The van der Waals surface area contributed by atoms with Crippen LogP contribution < -0.4 is 9.47 Å². The van der Waals surface area contributed by atoms with Gasteiger partial charge in [0.25, 0.3) is 0 Å². The summed E-state index contributed by atoms with van der Waals surface area (Å²) in [4.78, 5) is 19.2. The van der Waals surface area contributed by atoms with Crippen molar-refractivity contribution in [2.24, 2.45) is 0 Å². The van der Waals surface area contributed by atoms with Crippen molar-refractivity contribution < 1.29 is 18.8 Å². The standard InChI is InChI=1S/C23H21N3O4/c1-15-4-2-5-17(12-15)22-24-23(30-25-22)18-6-3-11-26(18)21(27)10-8-16-7-9-19-20(13-16)29-14-28-19/h2,4-5,7-10,12-13,18H,3,6,11,14H2,1H3/b10-8+/t18-/m1/s1. The molecule has 2 aliphatic rings. The number of hydrogen-bond donors (Lipinski definition) is 0.